The van der Waals surface area contributed by atoms with Gasteiger partial charge in [-0.3, -0.25) is 9.48 Å². The number of benzene rings is 2. The molecular weight excluding hydrogens is 398 g/mol. The van der Waals surface area contributed by atoms with Crippen molar-refractivity contribution in [3.05, 3.63) is 93.1 Å². The minimum atomic E-state index is -3.93. The molecule has 0 radical (unpaired) electrons. The molecule has 154 valence electrons. The fourth-order valence-corrected chi connectivity index (χ4v) is 4.92. The van der Waals surface area contributed by atoms with Gasteiger partial charge in [0.1, 0.15) is 0 Å². The second-order valence-corrected chi connectivity index (χ2v) is 9.17. The average Bonchev–Trinajstić information content (AvgIpc) is 3.01. The fraction of sp³-hybridized carbons (Fsp3) is 0.217. The van der Waals surface area contributed by atoms with Gasteiger partial charge in [-0.25, -0.2) is 13.1 Å². The van der Waals surface area contributed by atoms with E-state index >= 15 is 0 Å². The molecule has 0 fully saturated rings. The van der Waals surface area contributed by atoms with E-state index in [2.05, 4.69) is 9.82 Å². The van der Waals surface area contributed by atoms with Crippen LogP contribution in [0.15, 0.2) is 59.5 Å². The molecule has 3 aromatic rings. The Morgan fingerprint density at radius 1 is 1.03 bits per heavy atom. The summed E-state index contributed by atoms with van der Waals surface area (Å²) in [6.07, 6.45) is 2.64. The van der Waals surface area contributed by atoms with E-state index in [9.17, 15) is 13.2 Å². The van der Waals surface area contributed by atoms with Gasteiger partial charge in [0.15, 0.2) is 0 Å². The first-order valence-electron chi connectivity index (χ1n) is 9.79. The predicted octanol–water partition coefficient (Wildman–Crippen LogP) is 3.60. The van der Waals surface area contributed by atoms with Crippen molar-refractivity contribution in [2.45, 2.75) is 33.2 Å². The Hall–Kier alpha value is -3.19. The van der Waals surface area contributed by atoms with Gasteiger partial charge in [0.05, 0.1) is 22.7 Å². The molecule has 2 aromatic carbocycles. The summed E-state index contributed by atoms with van der Waals surface area (Å²) in [5, 5.41) is 4.45. The van der Waals surface area contributed by atoms with Crippen LogP contribution in [0, 0.1) is 13.8 Å². The van der Waals surface area contributed by atoms with Crippen LogP contribution in [0.2, 0.25) is 0 Å². The lowest BCUT2D eigenvalue weighted by atomic mass is 9.98. The highest BCUT2D eigenvalue weighted by molar-refractivity contribution is 7.94. The number of carbonyl (C=O) groups excluding carboxylic acids is 1. The molecule has 0 atom stereocenters. The molecular formula is C23H23N3O3S. The number of aryl methyl sites for hydroxylation is 2. The van der Waals surface area contributed by atoms with Gasteiger partial charge < -0.3 is 0 Å². The zero-order chi connectivity index (χ0) is 21.3. The van der Waals surface area contributed by atoms with Gasteiger partial charge in [0.2, 0.25) is 0 Å². The Labute approximate surface area is 176 Å². The number of allylic oxidation sites excluding steroid dienone is 1. The van der Waals surface area contributed by atoms with Crippen molar-refractivity contribution in [2.24, 2.45) is 0 Å². The summed E-state index contributed by atoms with van der Waals surface area (Å²) in [5.74, 6) is -0.649. The first-order chi connectivity index (χ1) is 14.3. The zero-order valence-corrected chi connectivity index (χ0v) is 17.7. The molecule has 1 aliphatic carbocycles. The summed E-state index contributed by atoms with van der Waals surface area (Å²) in [5.41, 5.74) is 4.46. The number of rotatable bonds is 5. The lowest BCUT2D eigenvalue weighted by molar-refractivity contribution is 0.0980. The Kier molecular flexibility index (Phi) is 5.30. The van der Waals surface area contributed by atoms with Gasteiger partial charge in [-0.05, 0) is 49.5 Å². The maximum absolute atomic E-state index is 12.9. The van der Waals surface area contributed by atoms with Gasteiger partial charge in [0, 0.05) is 5.69 Å². The Bertz CT molecular complexity index is 1240. The van der Waals surface area contributed by atoms with Crippen molar-refractivity contribution in [3.63, 3.8) is 0 Å². The van der Waals surface area contributed by atoms with Crippen LogP contribution in [-0.2, 0) is 23.0 Å². The molecule has 1 heterocycles. The molecule has 0 unspecified atom stereocenters. The molecule has 0 aliphatic heterocycles. The first kappa shape index (κ1) is 20.1. The number of sulfonamides is 1. The molecule has 0 bridgehead atoms. The fourth-order valence-electron chi connectivity index (χ4n) is 3.79. The topological polar surface area (TPSA) is 81.1 Å². The molecule has 6 nitrogen and oxygen atoms in total. The van der Waals surface area contributed by atoms with E-state index in [0.717, 1.165) is 16.7 Å². The quantitative estimate of drug-likeness (QED) is 0.683. The standard InChI is InChI=1S/C23H23N3O3S/c1-16-22(17(2)26(24-16)15-18-8-4-3-5-9-18)23(27)25-30(28,29)21-13-12-19-10-6-7-11-20(19)14-21/h3-11,14H,12-13,15H2,1-2H3,(H,25,27). The van der Waals surface area contributed by atoms with Gasteiger partial charge >= 0.3 is 0 Å². The Morgan fingerprint density at radius 3 is 2.50 bits per heavy atom. The molecule has 1 aliphatic rings. The Balaban J connectivity index is 1.58. The van der Waals surface area contributed by atoms with Crippen LogP contribution in [0.4, 0.5) is 0 Å². The Morgan fingerprint density at radius 2 is 1.73 bits per heavy atom. The first-order valence-corrected chi connectivity index (χ1v) is 11.3. The smallest absolute Gasteiger partial charge is 0.268 e. The summed E-state index contributed by atoms with van der Waals surface area (Å²) in [6.45, 7) is 4.00. The SMILES string of the molecule is Cc1nn(Cc2ccccc2)c(C)c1C(=O)NS(=O)(=O)C1=Cc2ccccc2CC1. The molecule has 30 heavy (non-hydrogen) atoms. The van der Waals surface area contributed by atoms with Crippen molar-refractivity contribution >= 4 is 22.0 Å². The van der Waals surface area contributed by atoms with Gasteiger partial charge in [0.25, 0.3) is 15.9 Å². The second-order valence-electron chi connectivity index (χ2n) is 7.43. The van der Waals surface area contributed by atoms with Gasteiger partial charge in [-0.1, -0.05) is 54.6 Å². The minimum Gasteiger partial charge on any atom is -0.268 e. The molecule has 0 saturated heterocycles. The van der Waals surface area contributed by atoms with Crippen molar-refractivity contribution < 1.29 is 13.2 Å². The third-order valence-corrected chi connectivity index (χ3v) is 6.83. The van der Waals surface area contributed by atoms with E-state index in [1.165, 1.54) is 0 Å². The largest absolute Gasteiger partial charge is 0.268 e. The molecule has 1 amide bonds. The third-order valence-electron chi connectivity index (χ3n) is 5.37. The maximum Gasteiger partial charge on any atom is 0.268 e. The summed E-state index contributed by atoms with van der Waals surface area (Å²) < 4.78 is 29.7. The highest BCUT2D eigenvalue weighted by atomic mass is 32.2. The zero-order valence-electron chi connectivity index (χ0n) is 16.9. The number of amides is 1. The molecule has 0 saturated carbocycles. The van der Waals surface area contributed by atoms with Crippen LogP contribution in [0.5, 0.6) is 0 Å². The van der Waals surface area contributed by atoms with Gasteiger partial charge in [-0.2, -0.15) is 5.10 Å². The van der Waals surface area contributed by atoms with Gasteiger partial charge in [-0.15, -0.1) is 0 Å². The molecule has 1 aromatic heterocycles. The van der Waals surface area contributed by atoms with E-state index in [-0.39, 0.29) is 4.91 Å². The third kappa shape index (κ3) is 3.93. The molecule has 4 rings (SSSR count). The molecule has 7 heteroatoms. The van der Waals surface area contributed by atoms with E-state index in [4.69, 9.17) is 0 Å². The van der Waals surface area contributed by atoms with Crippen LogP contribution in [0.25, 0.3) is 6.08 Å². The van der Waals surface area contributed by atoms with Crippen molar-refractivity contribution in [3.8, 4) is 0 Å². The van der Waals surface area contributed by atoms with Crippen molar-refractivity contribution in [1.29, 1.82) is 0 Å². The number of aromatic nitrogens is 2. The summed E-state index contributed by atoms with van der Waals surface area (Å²) in [6, 6.07) is 17.5. The van der Waals surface area contributed by atoms with Crippen LogP contribution in [0.1, 0.15) is 44.9 Å². The molecule has 0 spiro atoms. The van der Waals surface area contributed by atoms with E-state index in [1.54, 1.807) is 24.6 Å². The number of nitrogens with one attached hydrogen (secondary N) is 1. The number of hydrogen-bond donors (Lipinski definition) is 1. The molecule has 1 N–H and O–H groups in total. The van der Waals surface area contributed by atoms with Crippen LogP contribution < -0.4 is 4.72 Å². The van der Waals surface area contributed by atoms with E-state index in [0.29, 0.717) is 36.3 Å². The number of fused-ring (bicyclic) bond motifs is 1. The lowest BCUT2D eigenvalue weighted by Crippen LogP contribution is -2.32. The normalized spacial score (nSPS) is 13.5. The van der Waals surface area contributed by atoms with E-state index in [1.807, 2.05) is 54.6 Å². The van der Waals surface area contributed by atoms with Crippen molar-refractivity contribution in [2.75, 3.05) is 0 Å². The van der Waals surface area contributed by atoms with Crippen molar-refractivity contribution in [1.82, 2.24) is 14.5 Å². The van der Waals surface area contributed by atoms with Crippen LogP contribution in [-0.4, -0.2) is 24.1 Å². The second kappa shape index (κ2) is 7.91. The van der Waals surface area contributed by atoms with Crippen LogP contribution >= 0.6 is 0 Å². The monoisotopic (exact) mass is 421 g/mol. The summed E-state index contributed by atoms with van der Waals surface area (Å²) in [4.78, 5) is 13.1. The van der Waals surface area contributed by atoms with Crippen LogP contribution in [0.3, 0.4) is 0 Å². The lowest BCUT2D eigenvalue weighted by Gasteiger charge is -2.17. The number of nitrogens with zero attached hydrogens (tertiary/aromatic N) is 2. The minimum absolute atomic E-state index is 0.224. The highest BCUT2D eigenvalue weighted by Crippen LogP contribution is 2.27. The predicted molar refractivity (Wildman–Crippen MR) is 116 cm³/mol. The highest BCUT2D eigenvalue weighted by Gasteiger charge is 2.27. The van der Waals surface area contributed by atoms with E-state index < -0.39 is 15.9 Å². The maximum atomic E-state index is 12.9. The number of hydrogen-bond acceptors (Lipinski definition) is 4. The summed E-state index contributed by atoms with van der Waals surface area (Å²) >= 11 is 0. The number of carbonyl (C=O) groups is 1. The summed E-state index contributed by atoms with van der Waals surface area (Å²) in [7, 11) is -3.93. The average molecular weight is 422 g/mol.